The van der Waals surface area contributed by atoms with Gasteiger partial charge in [-0.2, -0.15) is 0 Å². The van der Waals surface area contributed by atoms with Crippen molar-refractivity contribution in [2.45, 2.75) is 26.0 Å². The van der Waals surface area contributed by atoms with Crippen LogP contribution in [0.15, 0.2) is 30.3 Å². The summed E-state index contributed by atoms with van der Waals surface area (Å²) in [5, 5.41) is 9.80. The number of likely N-dealkylation sites (N-methyl/N-ethyl adjacent to an activating group) is 1. The minimum absolute atomic E-state index is 0. The van der Waals surface area contributed by atoms with Gasteiger partial charge in [0.2, 0.25) is 0 Å². The summed E-state index contributed by atoms with van der Waals surface area (Å²) in [6, 6.07) is 9.91. The molecule has 20 heavy (non-hydrogen) atoms. The topological polar surface area (TPSA) is 46.5 Å². The molecule has 0 aliphatic carbocycles. The largest absolute Gasteiger partial charge is 1.00 e. The number of benzene rings is 1. The number of esters is 1. The summed E-state index contributed by atoms with van der Waals surface area (Å²) < 4.78 is 5.45. The quantitative estimate of drug-likeness (QED) is 0.382. The second-order valence-electron chi connectivity index (χ2n) is 5.28. The average Bonchev–Trinajstić information content (AvgIpc) is 2.38. The van der Waals surface area contributed by atoms with Crippen LogP contribution < -0.4 is 12.4 Å². The summed E-state index contributed by atoms with van der Waals surface area (Å²) in [6.07, 6.45) is 0.794. The van der Waals surface area contributed by atoms with Gasteiger partial charge in [-0.3, -0.25) is 4.48 Å². The Morgan fingerprint density at radius 1 is 1.30 bits per heavy atom. The summed E-state index contributed by atoms with van der Waals surface area (Å²) in [7, 11) is 3.65. The van der Waals surface area contributed by atoms with Crippen LogP contribution in [0.5, 0.6) is 0 Å². The molecule has 114 valence electrons. The van der Waals surface area contributed by atoms with E-state index in [-0.39, 0.29) is 29.4 Å². The zero-order chi connectivity index (χ0) is 14.3. The van der Waals surface area contributed by atoms with Gasteiger partial charge in [-0.15, -0.1) is 0 Å². The third-order valence-corrected chi connectivity index (χ3v) is 3.21. The molecule has 1 atom stereocenters. The zero-order valence-corrected chi connectivity index (χ0v) is 13.1. The van der Waals surface area contributed by atoms with Crippen molar-refractivity contribution in [3.63, 3.8) is 0 Å². The molecule has 1 aromatic carbocycles. The van der Waals surface area contributed by atoms with E-state index in [4.69, 9.17) is 4.74 Å². The van der Waals surface area contributed by atoms with E-state index in [1.807, 2.05) is 51.4 Å². The number of ether oxygens (including phenoxy) is 1. The summed E-state index contributed by atoms with van der Waals surface area (Å²) in [6.45, 7) is 2.46. The number of rotatable bonds is 7. The highest BCUT2D eigenvalue weighted by Crippen LogP contribution is 2.08. The van der Waals surface area contributed by atoms with Crippen LogP contribution in [0.4, 0.5) is 0 Å². The molecule has 1 unspecified atom stereocenters. The van der Waals surface area contributed by atoms with E-state index in [9.17, 15) is 9.90 Å². The number of halogens is 1. The average molecular weight is 302 g/mol. The molecule has 0 radical (unpaired) electrons. The molecule has 0 aliphatic rings. The van der Waals surface area contributed by atoms with Crippen molar-refractivity contribution >= 4 is 5.97 Å². The van der Waals surface area contributed by atoms with Gasteiger partial charge in [0, 0.05) is 12.8 Å². The predicted molar refractivity (Wildman–Crippen MR) is 74.4 cm³/mol. The first kappa shape index (κ1) is 18.9. The van der Waals surface area contributed by atoms with Crippen LogP contribution in [0.2, 0.25) is 0 Å². The Balaban J connectivity index is 0.00000361. The fraction of sp³-hybridized carbons (Fsp3) is 0.533. The van der Waals surface area contributed by atoms with Gasteiger partial charge in [0.15, 0.2) is 12.8 Å². The van der Waals surface area contributed by atoms with Gasteiger partial charge < -0.3 is 22.3 Å². The third kappa shape index (κ3) is 6.37. The molecule has 4 nitrogen and oxygen atoms in total. The molecule has 0 amide bonds. The van der Waals surface area contributed by atoms with Crippen molar-refractivity contribution in [3.05, 3.63) is 35.9 Å². The molecule has 5 heteroatoms. The Bertz CT molecular complexity index is 395. The van der Waals surface area contributed by atoms with Crippen molar-refractivity contribution in [1.29, 1.82) is 0 Å². The second kappa shape index (κ2) is 8.95. The van der Waals surface area contributed by atoms with Crippen LogP contribution in [-0.4, -0.2) is 49.0 Å². The minimum Gasteiger partial charge on any atom is -1.00 e. The van der Waals surface area contributed by atoms with Crippen molar-refractivity contribution < 1.29 is 31.5 Å². The molecule has 0 fully saturated rings. The highest BCUT2D eigenvalue weighted by atomic mass is 35.5. The lowest BCUT2D eigenvalue weighted by Crippen LogP contribution is -3.00. The fourth-order valence-corrected chi connectivity index (χ4v) is 1.91. The summed E-state index contributed by atoms with van der Waals surface area (Å²) in [4.78, 5) is 11.7. The number of nitrogens with zero attached hydrogens (tertiary/aromatic N) is 1. The van der Waals surface area contributed by atoms with Gasteiger partial charge in [-0.25, -0.2) is 4.79 Å². The van der Waals surface area contributed by atoms with Gasteiger partial charge in [0.1, 0.15) is 0 Å². The lowest BCUT2D eigenvalue weighted by Gasteiger charge is -2.32. The third-order valence-electron chi connectivity index (χ3n) is 3.21. The highest BCUT2D eigenvalue weighted by Gasteiger charge is 2.28. The monoisotopic (exact) mass is 301 g/mol. The Kier molecular flexibility index (Phi) is 8.46. The van der Waals surface area contributed by atoms with Crippen LogP contribution in [-0.2, 0) is 16.0 Å². The first-order chi connectivity index (χ1) is 8.95. The molecule has 0 saturated carbocycles. The first-order valence-corrected chi connectivity index (χ1v) is 6.66. The zero-order valence-electron chi connectivity index (χ0n) is 12.4. The lowest BCUT2D eigenvalue weighted by atomic mass is 10.2. The van der Waals surface area contributed by atoms with Crippen LogP contribution in [0.25, 0.3) is 0 Å². The molecule has 0 heterocycles. The Morgan fingerprint density at radius 3 is 2.45 bits per heavy atom. The Morgan fingerprint density at radius 2 is 1.90 bits per heavy atom. The summed E-state index contributed by atoms with van der Waals surface area (Å²) in [5.74, 6) is -0.270. The number of hydrogen-bond donors (Lipinski definition) is 1. The van der Waals surface area contributed by atoms with Crippen LogP contribution >= 0.6 is 0 Å². The van der Waals surface area contributed by atoms with Crippen molar-refractivity contribution in [2.75, 3.05) is 27.2 Å². The molecule has 1 rings (SSSR count). The van der Waals surface area contributed by atoms with Gasteiger partial charge in [0.25, 0.3) is 0 Å². The van der Waals surface area contributed by atoms with Crippen LogP contribution in [0.1, 0.15) is 18.9 Å². The first-order valence-electron chi connectivity index (χ1n) is 6.66. The predicted octanol–water partition coefficient (Wildman–Crippen LogP) is -1.42. The smallest absolute Gasteiger partial charge is 0.361 e. The van der Waals surface area contributed by atoms with Crippen molar-refractivity contribution in [1.82, 2.24) is 0 Å². The van der Waals surface area contributed by atoms with E-state index >= 15 is 0 Å². The van der Waals surface area contributed by atoms with Gasteiger partial charge in [-0.05, 0) is 5.56 Å². The van der Waals surface area contributed by atoms with E-state index in [1.165, 1.54) is 0 Å². The number of hydrogen-bond acceptors (Lipinski definition) is 3. The second-order valence-corrected chi connectivity index (χ2v) is 5.28. The number of carbonyl (C=O) groups is 1. The molecule has 0 spiro atoms. The van der Waals surface area contributed by atoms with Crippen molar-refractivity contribution in [2.24, 2.45) is 0 Å². The van der Waals surface area contributed by atoms with Gasteiger partial charge in [-0.1, -0.05) is 37.3 Å². The highest BCUT2D eigenvalue weighted by molar-refractivity contribution is 5.70. The number of aliphatic hydroxyl groups excluding tert-OH is 1. The van der Waals surface area contributed by atoms with E-state index in [2.05, 4.69) is 0 Å². The summed E-state index contributed by atoms with van der Waals surface area (Å²) in [5.41, 5.74) is 1.15. The molecule has 0 aliphatic heterocycles. The molecular weight excluding hydrogens is 278 g/mol. The van der Waals surface area contributed by atoms with Crippen LogP contribution in [0, 0.1) is 0 Å². The van der Waals surface area contributed by atoms with E-state index in [0.717, 1.165) is 12.0 Å². The molecule has 1 aromatic rings. The van der Waals surface area contributed by atoms with E-state index in [0.29, 0.717) is 13.0 Å². The normalized spacial score (nSPS) is 12.4. The standard InChI is InChI=1S/C15H24NO3.ClH/c1-4-14(17)16(2,3)12-15(18)19-11-10-13-8-6-5-7-9-13;/h5-9,14,17H,4,10-12H2,1-3H3;1H/q+1;/p-1. The Hall–Kier alpha value is -1.10. The fourth-order valence-electron chi connectivity index (χ4n) is 1.91. The van der Waals surface area contributed by atoms with Crippen molar-refractivity contribution in [3.8, 4) is 0 Å². The van der Waals surface area contributed by atoms with E-state index < -0.39 is 6.23 Å². The molecule has 1 N–H and O–H groups in total. The lowest BCUT2D eigenvalue weighted by molar-refractivity contribution is -0.930. The molecule has 0 saturated heterocycles. The number of quaternary nitrogens is 1. The molecule has 0 bridgehead atoms. The van der Waals surface area contributed by atoms with Gasteiger partial charge in [0.05, 0.1) is 20.7 Å². The van der Waals surface area contributed by atoms with Gasteiger partial charge >= 0.3 is 5.97 Å². The minimum atomic E-state index is -0.540. The maximum atomic E-state index is 11.7. The Labute approximate surface area is 127 Å². The molecular formula is C15H24ClNO3. The van der Waals surface area contributed by atoms with Crippen LogP contribution in [0.3, 0.4) is 0 Å². The maximum absolute atomic E-state index is 11.7. The number of aliphatic hydroxyl groups is 1. The van der Waals surface area contributed by atoms with E-state index in [1.54, 1.807) is 0 Å². The number of carbonyl (C=O) groups excluding carboxylic acids is 1. The molecule has 0 aromatic heterocycles. The maximum Gasteiger partial charge on any atom is 0.361 e. The SMILES string of the molecule is CCC(O)[N+](C)(C)CC(=O)OCCc1ccccc1.[Cl-]. The summed E-state index contributed by atoms with van der Waals surface area (Å²) >= 11 is 0.